The Hall–Kier alpha value is -7.50. The van der Waals surface area contributed by atoms with Gasteiger partial charge < -0.3 is 4.74 Å². The zero-order chi connectivity index (χ0) is 36.3. The molecular formula is C50H32N4O. The lowest BCUT2D eigenvalue weighted by atomic mass is 9.84. The molecular weight excluding hydrogens is 673 g/mol. The van der Waals surface area contributed by atoms with Crippen molar-refractivity contribution in [3.63, 3.8) is 0 Å². The number of ether oxygens (including phenoxy) is 1. The molecule has 3 heterocycles. The number of nitrogens with zero attached hydrogens (tertiary/aromatic N) is 4. The Morgan fingerprint density at radius 3 is 1.80 bits per heavy atom. The summed E-state index contributed by atoms with van der Waals surface area (Å²) in [6.07, 6.45) is 1.83. The predicted octanol–water partition coefficient (Wildman–Crippen LogP) is 12.8. The average molecular weight is 705 g/mol. The van der Waals surface area contributed by atoms with Crippen molar-refractivity contribution in [2.75, 3.05) is 0 Å². The van der Waals surface area contributed by atoms with Gasteiger partial charge in [0.05, 0.1) is 22.4 Å². The van der Waals surface area contributed by atoms with Crippen molar-refractivity contribution in [1.82, 2.24) is 19.1 Å². The first-order valence-corrected chi connectivity index (χ1v) is 18.5. The van der Waals surface area contributed by atoms with Crippen molar-refractivity contribution in [3.8, 4) is 79.2 Å². The molecule has 0 radical (unpaired) electrons. The van der Waals surface area contributed by atoms with E-state index in [4.69, 9.17) is 14.7 Å². The lowest BCUT2D eigenvalue weighted by molar-refractivity contribution is 0.483. The van der Waals surface area contributed by atoms with Crippen LogP contribution in [-0.4, -0.2) is 19.1 Å². The van der Waals surface area contributed by atoms with E-state index in [-0.39, 0.29) is 0 Å². The normalized spacial score (nSPS) is 11.6. The molecule has 0 aliphatic heterocycles. The van der Waals surface area contributed by atoms with Crippen LogP contribution in [0.2, 0.25) is 0 Å². The van der Waals surface area contributed by atoms with Crippen LogP contribution < -0.4 is 4.74 Å². The Bertz CT molecular complexity index is 3070. The van der Waals surface area contributed by atoms with E-state index >= 15 is 0 Å². The summed E-state index contributed by atoms with van der Waals surface area (Å²) in [6, 6.07) is 65.6. The molecule has 7 aromatic carbocycles. The van der Waals surface area contributed by atoms with Gasteiger partial charge >= 0.3 is 0 Å². The summed E-state index contributed by atoms with van der Waals surface area (Å²) < 4.78 is 11.2. The van der Waals surface area contributed by atoms with Gasteiger partial charge in [-0.25, -0.2) is 9.97 Å². The highest BCUT2D eigenvalue weighted by molar-refractivity contribution is 6.09. The topological polar surface area (TPSA) is 44.9 Å². The molecule has 55 heavy (non-hydrogen) atoms. The van der Waals surface area contributed by atoms with Gasteiger partial charge in [-0.3, -0.25) is 9.13 Å². The molecule has 0 bridgehead atoms. The van der Waals surface area contributed by atoms with Crippen LogP contribution in [0.4, 0.5) is 0 Å². The van der Waals surface area contributed by atoms with Crippen molar-refractivity contribution in [2.24, 2.45) is 0 Å². The zero-order valence-electron chi connectivity index (χ0n) is 29.7. The van der Waals surface area contributed by atoms with E-state index in [2.05, 4.69) is 161 Å². The number of benzene rings is 7. The lowest BCUT2D eigenvalue weighted by Gasteiger charge is -2.22. The smallest absolute Gasteiger partial charge is 0.145 e. The Kier molecular flexibility index (Phi) is 7.10. The number of hydrogen-bond acceptors (Lipinski definition) is 3. The van der Waals surface area contributed by atoms with Gasteiger partial charge in [-0.1, -0.05) is 127 Å². The number of para-hydroxylation sites is 2. The van der Waals surface area contributed by atoms with Crippen molar-refractivity contribution in [1.29, 1.82) is 0 Å². The van der Waals surface area contributed by atoms with E-state index in [1.807, 2.05) is 42.6 Å². The minimum Gasteiger partial charge on any atom is -0.457 e. The fourth-order valence-corrected chi connectivity index (χ4v) is 8.26. The molecule has 0 atom stereocenters. The van der Waals surface area contributed by atoms with E-state index in [0.717, 1.165) is 78.9 Å². The Balaban J connectivity index is 1.10. The van der Waals surface area contributed by atoms with Crippen LogP contribution in [0.5, 0.6) is 11.5 Å². The number of pyridine rings is 1. The summed E-state index contributed by atoms with van der Waals surface area (Å²) in [5, 5.41) is 2.32. The third-order valence-electron chi connectivity index (χ3n) is 10.6. The SMILES string of the molecule is c1ccc(-n2c(-c3cccc(Oc4ccc5c6ccccc6n(-c6ccccn6)c5c4)c3)nc3c2-c2ccccc2-c2ccccc2-c2ccccc2-3)cc1. The summed E-state index contributed by atoms with van der Waals surface area (Å²) in [7, 11) is 0. The van der Waals surface area contributed by atoms with Crippen molar-refractivity contribution in [3.05, 3.63) is 194 Å². The van der Waals surface area contributed by atoms with Gasteiger partial charge in [0.1, 0.15) is 23.1 Å². The summed E-state index contributed by atoms with van der Waals surface area (Å²) in [5.41, 5.74) is 13.1. The minimum absolute atomic E-state index is 0.723. The number of aromatic nitrogens is 4. The maximum absolute atomic E-state index is 6.71. The number of hydrogen-bond donors (Lipinski definition) is 0. The molecule has 1 aliphatic carbocycles. The van der Waals surface area contributed by atoms with E-state index in [9.17, 15) is 0 Å². The first-order valence-electron chi connectivity index (χ1n) is 18.5. The highest BCUT2D eigenvalue weighted by atomic mass is 16.5. The Labute approximate surface area is 318 Å². The van der Waals surface area contributed by atoms with E-state index in [1.165, 1.54) is 22.1 Å². The van der Waals surface area contributed by atoms with Gasteiger partial charge in [-0.05, 0) is 76.9 Å². The average Bonchev–Trinajstić information content (AvgIpc) is 3.80. The molecule has 0 amide bonds. The summed E-state index contributed by atoms with van der Waals surface area (Å²) in [6.45, 7) is 0. The maximum Gasteiger partial charge on any atom is 0.145 e. The Morgan fingerprint density at radius 1 is 0.418 bits per heavy atom. The summed E-state index contributed by atoms with van der Waals surface area (Å²) in [4.78, 5) is 10.3. The number of imidazole rings is 1. The van der Waals surface area contributed by atoms with Crippen molar-refractivity contribution < 1.29 is 4.74 Å². The molecule has 0 unspecified atom stereocenters. The third kappa shape index (κ3) is 5.02. The van der Waals surface area contributed by atoms with Gasteiger partial charge in [-0.15, -0.1) is 0 Å². The molecule has 0 saturated heterocycles. The molecule has 3 aromatic heterocycles. The molecule has 11 rings (SSSR count). The predicted molar refractivity (Wildman–Crippen MR) is 223 cm³/mol. The lowest BCUT2D eigenvalue weighted by Crippen LogP contribution is -2.02. The second kappa shape index (κ2) is 12.6. The van der Waals surface area contributed by atoms with Crippen molar-refractivity contribution in [2.45, 2.75) is 0 Å². The van der Waals surface area contributed by atoms with Crippen LogP contribution in [-0.2, 0) is 0 Å². The third-order valence-corrected chi connectivity index (χ3v) is 10.6. The molecule has 5 heteroatoms. The Morgan fingerprint density at radius 2 is 1.04 bits per heavy atom. The van der Waals surface area contributed by atoms with Gasteiger partial charge in [-0.2, -0.15) is 0 Å². The monoisotopic (exact) mass is 704 g/mol. The van der Waals surface area contributed by atoms with Gasteiger partial charge in [0.15, 0.2) is 0 Å². The van der Waals surface area contributed by atoms with Crippen molar-refractivity contribution >= 4 is 21.8 Å². The molecule has 0 saturated carbocycles. The first kappa shape index (κ1) is 31.1. The highest BCUT2D eigenvalue weighted by Crippen LogP contribution is 2.49. The standard InChI is InChI=1S/C50H32N4O/c1-2-16-34(17-3-1)53-49-44-25-9-7-22-40(44)38-20-5-4-19-37(38)39-21-6-8-24-43(39)48(49)52-50(53)33-15-14-18-35(31-33)55-36-28-29-42-41-23-10-11-26-45(41)54(46(42)32-36)47-27-12-13-30-51-47/h1-32H. The minimum atomic E-state index is 0.723. The molecule has 0 fully saturated rings. The summed E-state index contributed by atoms with van der Waals surface area (Å²) in [5.74, 6) is 3.16. The number of fused-ring (bicyclic) bond motifs is 11. The van der Waals surface area contributed by atoms with E-state index < -0.39 is 0 Å². The van der Waals surface area contributed by atoms with Crippen LogP contribution in [0.1, 0.15) is 0 Å². The first-order chi connectivity index (χ1) is 27.3. The second-order valence-electron chi connectivity index (χ2n) is 13.8. The van der Waals surface area contributed by atoms with E-state index in [1.54, 1.807) is 0 Å². The van der Waals surface area contributed by atoms with Gasteiger partial charge in [0, 0.05) is 45.4 Å². The molecule has 0 spiro atoms. The molecule has 10 aromatic rings. The largest absolute Gasteiger partial charge is 0.457 e. The molecule has 5 nitrogen and oxygen atoms in total. The van der Waals surface area contributed by atoms with Crippen LogP contribution in [0.3, 0.4) is 0 Å². The molecule has 0 N–H and O–H groups in total. The second-order valence-corrected chi connectivity index (χ2v) is 13.8. The molecule has 258 valence electrons. The summed E-state index contributed by atoms with van der Waals surface area (Å²) >= 11 is 0. The molecule has 1 aliphatic rings. The maximum atomic E-state index is 6.71. The fraction of sp³-hybridized carbons (Fsp3) is 0. The quantitative estimate of drug-likeness (QED) is 0.179. The zero-order valence-corrected chi connectivity index (χ0v) is 29.7. The van der Waals surface area contributed by atoms with Crippen LogP contribution >= 0.6 is 0 Å². The van der Waals surface area contributed by atoms with Gasteiger partial charge in [0.25, 0.3) is 0 Å². The number of rotatable bonds is 5. The van der Waals surface area contributed by atoms with Crippen LogP contribution in [0, 0.1) is 0 Å². The van der Waals surface area contributed by atoms with E-state index in [0.29, 0.717) is 0 Å². The fourth-order valence-electron chi connectivity index (χ4n) is 8.26. The highest BCUT2D eigenvalue weighted by Gasteiger charge is 2.29. The van der Waals surface area contributed by atoms with Crippen LogP contribution in [0.15, 0.2) is 194 Å². The van der Waals surface area contributed by atoms with Crippen LogP contribution in [0.25, 0.3) is 89.5 Å². The van der Waals surface area contributed by atoms with Gasteiger partial charge in [0.2, 0.25) is 0 Å².